The van der Waals surface area contributed by atoms with Gasteiger partial charge in [0.2, 0.25) is 0 Å². The molecule has 0 aromatic heterocycles. The number of anilines is 2. The van der Waals surface area contributed by atoms with Crippen molar-refractivity contribution in [3.63, 3.8) is 0 Å². The molecule has 0 aliphatic carbocycles. The first kappa shape index (κ1) is 19.6. The molecular weight excluding hydrogens is 372 g/mol. The lowest BCUT2D eigenvalue weighted by Crippen LogP contribution is -2.32. The van der Waals surface area contributed by atoms with Crippen LogP contribution in [0, 0.1) is 27.7 Å². The molecule has 1 N–H and O–H groups in total. The van der Waals surface area contributed by atoms with Crippen LogP contribution in [0.1, 0.15) is 27.8 Å². The number of amides is 2. The van der Waals surface area contributed by atoms with Gasteiger partial charge in [-0.1, -0.05) is 48.5 Å². The van der Waals surface area contributed by atoms with E-state index in [0.29, 0.717) is 17.0 Å². The first-order valence-corrected chi connectivity index (χ1v) is 9.97. The molecule has 4 rings (SSSR count). The standard InChI is InChI=1S/C26H24N2O2/c1-16-10-11-18(3)22(14-16)27-24-23(20-13-12-17(2)19(4)15-20)25(29)28(26(24)30)21-8-6-5-7-9-21/h5-15,27H,1-4H3. The first-order chi connectivity index (χ1) is 14.4. The third kappa shape index (κ3) is 3.41. The second-order valence-electron chi connectivity index (χ2n) is 7.77. The van der Waals surface area contributed by atoms with Gasteiger partial charge in [-0.2, -0.15) is 0 Å². The predicted octanol–water partition coefficient (Wildman–Crippen LogP) is 5.32. The number of hydrogen-bond acceptors (Lipinski definition) is 3. The number of carbonyl (C=O) groups is 2. The molecule has 0 radical (unpaired) electrons. The highest BCUT2D eigenvalue weighted by atomic mass is 16.2. The summed E-state index contributed by atoms with van der Waals surface area (Å²) < 4.78 is 0. The maximum absolute atomic E-state index is 13.5. The highest BCUT2D eigenvalue weighted by Gasteiger charge is 2.40. The van der Waals surface area contributed by atoms with Crippen LogP contribution in [0.15, 0.2) is 72.4 Å². The van der Waals surface area contributed by atoms with Crippen LogP contribution >= 0.6 is 0 Å². The molecule has 0 spiro atoms. The second-order valence-corrected chi connectivity index (χ2v) is 7.77. The lowest BCUT2D eigenvalue weighted by Gasteiger charge is -2.15. The molecule has 150 valence electrons. The molecule has 4 nitrogen and oxygen atoms in total. The Balaban J connectivity index is 1.87. The van der Waals surface area contributed by atoms with Crippen LogP contribution in [0.5, 0.6) is 0 Å². The highest BCUT2D eigenvalue weighted by Crippen LogP contribution is 2.35. The molecule has 30 heavy (non-hydrogen) atoms. The van der Waals surface area contributed by atoms with Gasteiger partial charge in [0, 0.05) is 5.69 Å². The van der Waals surface area contributed by atoms with E-state index in [9.17, 15) is 9.59 Å². The van der Waals surface area contributed by atoms with Crippen molar-refractivity contribution in [3.8, 4) is 0 Å². The lowest BCUT2D eigenvalue weighted by molar-refractivity contribution is -0.120. The zero-order valence-electron chi connectivity index (χ0n) is 17.6. The fourth-order valence-electron chi connectivity index (χ4n) is 3.63. The van der Waals surface area contributed by atoms with Crippen molar-refractivity contribution in [1.29, 1.82) is 0 Å². The fraction of sp³-hybridized carbons (Fsp3) is 0.154. The summed E-state index contributed by atoms with van der Waals surface area (Å²) in [4.78, 5) is 28.2. The molecule has 4 heteroatoms. The molecule has 3 aromatic rings. The number of aryl methyl sites for hydroxylation is 4. The van der Waals surface area contributed by atoms with E-state index in [-0.39, 0.29) is 11.8 Å². The molecule has 0 bridgehead atoms. The summed E-state index contributed by atoms with van der Waals surface area (Å²) in [6, 6.07) is 20.9. The van der Waals surface area contributed by atoms with Crippen LogP contribution in [-0.2, 0) is 9.59 Å². The minimum absolute atomic E-state index is 0.306. The third-order valence-electron chi connectivity index (χ3n) is 5.55. The Labute approximate surface area is 176 Å². The van der Waals surface area contributed by atoms with Crippen LogP contribution in [0.2, 0.25) is 0 Å². The molecule has 0 atom stereocenters. The van der Waals surface area contributed by atoms with E-state index >= 15 is 0 Å². The summed E-state index contributed by atoms with van der Waals surface area (Å²) in [5.74, 6) is -0.664. The zero-order chi connectivity index (χ0) is 21.4. The number of imide groups is 1. The average Bonchev–Trinajstić information content (AvgIpc) is 2.97. The summed E-state index contributed by atoms with van der Waals surface area (Å²) in [6.07, 6.45) is 0. The normalized spacial score (nSPS) is 13.9. The number of hydrogen-bond donors (Lipinski definition) is 1. The highest BCUT2D eigenvalue weighted by molar-refractivity contribution is 6.46. The number of nitrogens with one attached hydrogen (secondary N) is 1. The van der Waals surface area contributed by atoms with Crippen LogP contribution in [0.3, 0.4) is 0 Å². The molecular formula is C26H24N2O2. The largest absolute Gasteiger partial charge is 0.350 e. The Bertz CT molecular complexity index is 1190. The van der Waals surface area contributed by atoms with Crippen molar-refractivity contribution in [1.82, 2.24) is 0 Å². The SMILES string of the molecule is Cc1ccc(C)c(NC2=C(c3ccc(C)c(C)c3)C(=O)N(c3ccccc3)C2=O)c1. The fourth-order valence-corrected chi connectivity index (χ4v) is 3.63. The Morgan fingerprint density at radius 2 is 1.40 bits per heavy atom. The van der Waals surface area contributed by atoms with Gasteiger partial charge in [0.1, 0.15) is 5.70 Å². The second kappa shape index (κ2) is 7.64. The maximum Gasteiger partial charge on any atom is 0.282 e. The number of para-hydroxylation sites is 1. The van der Waals surface area contributed by atoms with Crippen molar-refractivity contribution >= 4 is 28.8 Å². The molecule has 1 aliphatic heterocycles. The van der Waals surface area contributed by atoms with Crippen LogP contribution in [-0.4, -0.2) is 11.8 Å². The molecule has 0 saturated heterocycles. The molecule has 0 unspecified atom stereocenters. The zero-order valence-corrected chi connectivity index (χ0v) is 17.6. The van der Waals surface area contributed by atoms with Crippen molar-refractivity contribution in [3.05, 3.63) is 100 Å². The average molecular weight is 396 g/mol. The van der Waals surface area contributed by atoms with E-state index in [1.54, 1.807) is 12.1 Å². The summed E-state index contributed by atoms with van der Waals surface area (Å²) in [5, 5.41) is 3.28. The number of benzene rings is 3. The minimum atomic E-state index is -0.347. The Kier molecular flexibility index (Phi) is 5.00. The van der Waals surface area contributed by atoms with Crippen molar-refractivity contribution < 1.29 is 9.59 Å². The Morgan fingerprint density at radius 3 is 2.10 bits per heavy atom. The topological polar surface area (TPSA) is 49.4 Å². The molecule has 2 amide bonds. The van der Waals surface area contributed by atoms with Gasteiger partial charge in [-0.3, -0.25) is 9.59 Å². The third-order valence-corrected chi connectivity index (χ3v) is 5.55. The van der Waals surface area contributed by atoms with E-state index in [1.807, 2.05) is 82.3 Å². The molecule has 1 heterocycles. The molecule has 1 aliphatic rings. The van der Waals surface area contributed by atoms with Gasteiger partial charge in [-0.15, -0.1) is 0 Å². The van der Waals surface area contributed by atoms with Crippen molar-refractivity contribution in [2.24, 2.45) is 0 Å². The number of rotatable bonds is 4. The van der Waals surface area contributed by atoms with Gasteiger partial charge in [0.05, 0.1) is 11.3 Å². The van der Waals surface area contributed by atoms with Gasteiger partial charge in [-0.25, -0.2) is 4.90 Å². The van der Waals surface area contributed by atoms with Crippen LogP contribution in [0.4, 0.5) is 11.4 Å². The smallest absolute Gasteiger partial charge is 0.282 e. The van der Waals surface area contributed by atoms with E-state index in [0.717, 1.165) is 33.5 Å². The van der Waals surface area contributed by atoms with E-state index < -0.39 is 0 Å². The first-order valence-electron chi connectivity index (χ1n) is 9.97. The van der Waals surface area contributed by atoms with Crippen LogP contribution < -0.4 is 10.2 Å². The van der Waals surface area contributed by atoms with Gasteiger partial charge in [0.15, 0.2) is 0 Å². The summed E-state index contributed by atoms with van der Waals surface area (Å²) in [5.41, 5.74) is 7.12. The van der Waals surface area contributed by atoms with Crippen molar-refractivity contribution in [2.45, 2.75) is 27.7 Å². The minimum Gasteiger partial charge on any atom is -0.350 e. The number of carbonyl (C=O) groups excluding carboxylic acids is 2. The monoisotopic (exact) mass is 396 g/mol. The van der Waals surface area contributed by atoms with Gasteiger partial charge in [-0.05, 0) is 73.7 Å². The van der Waals surface area contributed by atoms with Crippen LogP contribution in [0.25, 0.3) is 5.57 Å². The molecule has 0 fully saturated rings. The number of nitrogens with zero attached hydrogens (tertiary/aromatic N) is 1. The summed E-state index contributed by atoms with van der Waals surface area (Å²) >= 11 is 0. The Hall–Kier alpha value is -3.66. The molecule has 3 aromatic carbocycles. The summed E-state index contributed by atoms with van der Waals surface area (Å²) in [7, 11) is 0. The summed E-state index contributed by atoms with van der Waals surface area (Å²) in [6.45, 7) is 8.02. The van der Waals surface area contributed by atoms with Gasteiger partial charge < -0.3 is 5.32 Å². The Morgan fingerprint density at radius 1 is 0.700 bits per heavy atom. The van der Waals surface area contributed by atoms with Gasteiger partial charge in [0.25, 0.3) is 11.8 Å². The lowest BCUT2D eigenvalue weighted by atomic mass is 9.99. The van der Waals surface area contributed by atoms with Crippen molar-refractivity contribution in [2.75, 3.05) is 10.2 Å². The predicted molar refractivity (Wildman–Crippen MR) is 121 cm³/mol. The van der Waals surface area contributed by atoms with E-state index in [1.165, 1.54) is 4.90 Å². The quantitative estimate of drug-likeness (QED) is 0.608. The van der Waals surface area contributed by atoms with Gasteiger partial charge >= 0.3 is 0 Å². The van der Waals surface area contributed by atoms with E-state index in [2.05, 4.69) is 5.32 Å². The maximum atomic E-state index is 13.5. The van der Waals surface area contributed by atoms with E-state index in [4.69, 9.17) is 0 Å². The molecule has 0 saturated carbocycles.